The van der Waals surface area contributed by atoms with Crippen molar-refractivity contribution >= 4 is 21.9 Å². The number of imidazole rings is 1. The van der Waals surface area contributed by atoms with Crippen molar-refractivity contribution in [2.75, 3.05) is 18.9 Å². The molecular formula is C19H18F2N4O3S. The Kier molecular flexibility index (Phi) is 5.76. The van der Waals surface area contributed by atoms with Gasteiger partial charge in [0.15, 0.2) is 0 Å². The quantitative estimate of drug-likeness (QED) is 0.665. The largest absolute Gasteiger partial charge is 0.313 e. The molecule has 3 aromatic rings. The van der Waals surface area contributed by atoms with Crippen LogP contribution < -0.4 is 5.32 Å². The fraction of sp³-hybridized carbons (Fsp3) is 0.158. The first-order valence-corrected chi connectivity index (χ1v) is 9.92. The van der Waals surface area contributed by atoms with E-state index in [1.54, 1.807) is 23.7 Å². The lowest BCUT2D eigenvalue weighted by Crippen LogP contribution is -2.35. The molecule has 0 aliphatic carbocycles. The third-order valence-electron chi connectivity index (χ3n) is 4.27. The van der Waals surface area contributed by atoms with Crippen LogP contribution in [0.2, 0.25) is 0 Å². The second-order valence-electron chi connectivity index (χ2n) is 6.30. The van der Waals surface area contributed by atoms with Crippen molar-refractivity contribution in [2.45, 2.75) is 4.90 Å². The van der Waals surface area contributed by atoms with E-state index in [0.29, 0.717) is 11.3 Å². The number of hydrogen-bond acceptors (Lipinski definition) is 4. The summed E-state index contributed by atoms with van der Waals surface area (Å²) in [6, 6.07) is 10.1. The fourth-order valence-corrected chi connectivity index (χ4v) is 3.78. The van der Waals surface area contributed by atoms with Crippen molar-refractivity contribution in [3.05, 3.63) is 66.4 Å². The van der Waals surface area contributed by atoms with E-state index in [2.05, 4.69) is 10.3 Å². The minimum atomic E-state index is -3.95. The van der Waals surface area contributed by atoms with Crippen LogP contribution in [0.25, 0.3) is 11.3 Å². The second-order valence-corrected chi connectivity index (χ2v) is 8.34. The smallest absolute Gasteiger partial charge is 0.243 e. The zero-order valence-corrected chi connectivity index (χ0v) is 16.5. The Morgan fingerprint density at radius 3 is 2.21 bits per heavy atom. The maximum atomic E-state index is 13.1. The molecule has 0 saturated carbocycles. The van der Waals surface area contributed by atoms with E-state index in [1.165, 1.54) is 25.4 Å². The molecule has 0 aliphatic rings. The van der Waals surface area contributed by atoms with Crippen molar-refractivity contribution in [2.24, 2.45) is 7.05 Å². The minimum absolute atomic E-state index is 0.121. The summed E-state index contributed by atoms with van der Waals surface area (Å²) in [7, 11) is -1.03. The molecule has 0 radical (unpaired) electrons. The lowest BCUT2D eigenvalue weighted by molar-refractivity contribution is -0.116. The standard InChI is InChI=1S/C19H18F2N4O3S/c1-24(29(27,28)16-9-7-15(21)8-10-16)12-18(26)23-19-22-11-17(25(19)2)13-3-5-14(20)6-4-13/h3-11H,12H2,1-2H3,(H,22,23,26). The molecule has 1 heterocycles. The average molecular weight is 420 g/mol. The summed E-state index contributed by atoms with van der Waals surface area (Å²) in [4.78, 5) is 16.3. The second kappa shape index (κ2) is 8.10. The normalized spacial score (nSPS) is 11.6. The van der Waals surface area contributed by atoms with Crippen LogP contribution in [0.5, 0.6) is 0 Å². The Balaban J connectivity index is 1.71. The first-order chi connectivity index (χ1) is 13.7. The highest BCUT2D eigenvalue weighted by Crippen LogP contribution is 2.22. The Bertz CT molecular complexity index is 1130. The predicted octanol–water partition coefficient (Wildman–Crippen LogP) is 2.62. The predicted molar refractivity (Wildman–Crippen MR) is 103 cm³/mol. The Hall–Kier alpha value is -3.11. The maximum absolute atomic E-state index is 13.1. The topological polar surface area (TPSA) is 84.3 Å². The lowest BCUT2D eigenvalue weighted by atomic mass is 10.2. The van der Waals surface area contributed by atoms with Gasteiger partial charge < -0.3 is 4.57 Å². The minimum Gasteiger partial charge on any atom is -0.313 e. The number of aromatic nitrogens is 2. The number of rotatable bonds is 6. The molecule has 2 aromatic carbocycles. The molecule has 1 N–H and O–H groups in total. The number of anilines is 1. The molecule has 10 heteroatoms. The lowest BCUT2D eigenvalue weighted by Gasteiger charge is -2.17. The molecule has 152 valence electrons. The number of nitrogens with one attached hydrogen (secondary N) is 1. The van der Waals surface area contributed by atoms with Crippen molar-refractivity contribution in [3.8, 4) is 11.3 Å². The molecule has 0 unspecified atom stereocenters. The van der Waals surface area contributed by atoms with Crippen LogP contribution in [0.3, 0.4) is 0 Å². The number of hydrogen-bond donors (Lipinski definition) is 1. The first-order valence-electron chi connectivity index (χ1n) is 8.48. The molecule has 0 fully saturated rings. The summed E-state index contributed by atoms with van der Waals surface area (Å²) in [6.45, 7) is -0.460. The number of halogens is 2. The van der Waals surface area contributed by atoms with Crippen LogP contribution in [0.1, 0.15) is 0 Å². The molecule has 29 heavy (non-hydrogen) atoms. The van der Waals surface area contributed by atoms with Gasteiger partial charge in [-0.05, 0) is 48.5 Å². The van der Waals surface area contributed by atoms with Gasteiger partial charge in [0, 0.05) is 19.7 Å². The van der Waals surface area contributed by atoms with E-state index in [-0.39, 0.29) is 16.7 Å². The van der Waals surface area contributed by atoms with Gasteiger partial charge in [-0.2, -0.15) is 4.31 Å². The van der Waals surface area contributed by atoms with E-state index in [1.807, 2.05) is 0 Å². The van der Waals surface area contributed by atoms with E-state index in [9.17, 15) is 22.0 Å². The Morgan fingerprint density at radius 2 is 1.62 bits per heavy atom. The van der Waals surface area contributed by atoms with E-state index in [0.717, 1.165) is 28.6 Å². The van der Waals surface area contributed by atoms with Crippen LogP contribution >= 0.6 is 0 Å². The molecule has 3 rings (SSSR count). The summed E-state index contributed by atoms with van der Waals surface area (Å²) in [5.41, 5.74) is 1.35. The van der Waals surface area contributed by atoms with Crippen molar-refractivity contribution < 1.29 is 22.0 Å². The fourth-order valence-electron chi connectivity index (χ4n) is 2.65. The molecule has 7 nitrogen and oxygen atoms in total. The maximum Gasteiger partial charge on any atom is 0.243 e. The molecule has 0 atom stereocenters. The molecule has 0 aliphatic heterocycles. The zero-order chi connectivity index (χ0) is 21.2. The number of sulfonamides is 1. The highest BCUT2D eigenvalue weighted by molar-refractivity contribution is 7.89. The molecule has 1 amide bonds. The van der Waals surface area contributed by atoms with Crippen LogP contribution in [0.4, 0.5) is 14.7 Å². The highest BCUT2D eigenvalue weighted by atomic mass is 32.2. The molecule has 0 bridgehead atoms. The molecule has 1 aromatic heterocycles. The van der Waals surface area contributed by atoms with Gasteiger partial charge in [0.1, 0.15) is 11.6 Å². The Morgan fingerprint density at radius 1 is 1.07 bits per heavy atom. The van der Waals surface area contributed by atoms with Gasteiger partial charge in [0.25, 0.3) is 0 Å². The summed E-state index contributed by atoms with van der Waals surface area (Å²) in [5, 5.41) is 2.55. The van der Waals surface area contributed by atoms with Gasteiger partial charge in [-0.15, -0.1) is 0 Å². The van der Waals surface area contributed by atoms with E-state index < -0.39 is 28.3 Å². The van der Waals surface area contributed by atoms with Crippen LogP contribution in [-0.4, -0.2) is 41.8 Å². The third-order valence-corrected chi connectivity index (χ3v) is 6.09. The van der Waals surface area contributed by atoms with Crippen LogP contribution in [0, 0.1) is 11.6 Å². The third kappa shape index (κ3) is 4.49. The summed E-state index contributed by atoms with van der Waals surface area (Å²) in [6.07, 6.45) is 1.52. The van der Waals surface area contributed by atoms with Gasteiger partial charge in [-0.3, -0.25) is 10.1 Å². The average Bonchev–Trinajstić information content (AvgIpc) is 3.03. The number of likely N-dealkylation sites (N-methyl/N-ethyl adjacent to an activating group) is 1. The van der Waals surface area contributed by atoms with Crippen molar-refractivity contribution in [3.63, 3.8) is 0 Å². The van der Waals surface area contributed by atoms with Gasteiger partial charge in [-0.1, -0.05) is 0 Å². The molecular weight excluding hydrogens is 402 g/mol. The summed E-state index contributed by atoms with van der Waals surface area (Å²) < 4.78 is 53.5. The van der Waals surface area contributed by atoms with Gasteiger partial charge >= 0.3 is 0 Å². The number of benzene rings is 2. The summed E-state index contributed by atoms with van der Waals surface area (Å²) in [5.74, 6) is -1.31. The zero-order valence-electron chi connectivity index (χ0n) is 15.6. The first kappa shape index (κ1) is 20.6. The van der Waals surface area contributed by atoms with E-state index >= 15 is 0 Å². The van der Waals surface area contributed by atoms with Crippen molar-refractivity contribution in [1.29, 1.82) is 0 Å². The molecule has 0 saturated heterocycles. The number of amides is 1. The van der Waals surface area contributed by atoms with Gasteiger partial charge in [0.2, 0.25) is 21.9 Å². The molecule has 0 spiro atoms. The number of nitrogens with zero attached hydrogens (tertiary/aromatic N) is 3. The van der Waals surface area contributed by atoms with Gasteiger partial charge in [0.05, 0.1) is 23.3 Å². The number of carbonyl (C=O) groups is 1. The Labute approximate surface area is 166 Å². The van der Waals surface area contributed by atoms with Crippen molar-refractivity contribution in [1.82, 2.24) is 13.9 Å². The van der Waals surface area contributed by atoms with Gasteiger partial charge in [-0.25, -0.2) is 22.2 Å². The van der Waals surface area contributed by atoms with E-state index in [4.69, 9.17) is 0 Å². The van der Waals surface area contributed by atoms with Crippen LogP contribution in [0.15, 0.2) is 59.6 Å². The number of carbonyl (C=O) groups excluding carboxylic acids is 1. The monoisotopic (exact) mass is 420 g/mol. The summed E-state index contributed by atoms with van der Waals surface area (Å²) >= 11 is 0. The van der Waals surface area contributed by atoms with Crippen LogP contribution in [-0.2, 0) is 21.9 Å². The SMILES string of the molecule is CN(CC(=O)Nc1ncc(-c2ccc(F)cc2)n1C)S(=O)(=O)c1ccc(F)cc1. The highest BCUT2D eigenvalue weighted by Gasteiger charge is 2.23.